The lowest BCUT2D eigenvalue weighted by Gasteiger charge is -2.57. The molecule has 2 fully saturated rings. The minimum absolute atomic E-state index is 0.110. The Morgan fingerprint density at radius 3 is 2.60 bits per heavy atom. The Labute approximate surface area is 123 Å². The van der Waals surface area contributed by atoms with Crippen LogP contribution >= 0.6 is 12.6 Å². The Hall–Kier alpha value is -1.28. The van der Waals surface area contributed by atoms with Gasteiger partial charge in [-0.15, -0.1) is 0 Å². The Bertz CT molecular complexity index is 444. The normalized spacial score (nSPS) is 27.4. The number of amides is 3. The molecular formula is C12H20N4O3S. The van der Waals surface area contributed by atoms with Crippen molar-refractivity contribution in [2.75, 3.05) is 25.4 Å². The van der Waals surface area contributed by atoms with Crippen LogP contribution in [0.25, 0.3) is 0 Å². The number of rotatable bonds is 4. The topological polar surface area (TPSA) is 110 Å². The monoisotopic (exact) mass is 300 g/mol. The van der Waals surface area contributed by atoms with Crippen molar-refractivity contribution in [1.29, 1.82) is 0 Å². The summed E-state index contributed by atoms with van der Waals surface area (Å²) in [6.45, 7) is 0.768. The van der Waals surface area contributed by atoms with Crippen molar-refractivity contribution in [1.82, 2.24) is 9.80 Å². The fraction of sp³-hybridized carbons (Fsp3) is 0.750. The predicted octanol–water partition coefficient (Wildman–Crippen LogP) is -1.68. The van der Waals surface area contributed by atoms with E-state index >= 15 is 0 Å². The fourth-order valence-electron chi connectivity index (χ4n) is 3.09. The first-order valence-electron chi connectivity index (χ1n) is 6.69. The molecule has 0 aromatic carbocycles. The van der Waals surface area contributed by atoms with Crippen LogP contribution in [0.1, 0.15) is 19.3 Å². The van der Waals surface area contributed by atoms with Crippen LogP contribution in [0.3, 0.4) is 0 Å². The van der Waals surface area contributed by atoms with E-state index in [0.717, 1.165) is 12.8 Å². The first-order chi connectivity index (χ1) is 9.47. The fourth-order valence-corrected chi connectivity index (χ4v) is 3.46. The summed E-state index contributed by atoms with van der Waals surface area (Å²) < 4.78 is 0. The van der Waals surface area contributed by atoms with Gasteiger partial charge in [-0.3, -0.25) is 14.4 Å². The maximum Gasteiger partial charge on any atom is 0.251 e. The molecule has 0 bridgehead atoms. The predicted molar refractivity (Wildman–Crippen MR) is 75.9 cm³/mol. The Morgan fingerprint density at radius 1 is 1.40 bits per heavy atom. The number of hydrogen-bond donors (Lipinski definition) is 3. The molecule has 0 aromatic rings. The number of thiol groups is 1. The molecule has 2 saturated heterocycles. The summed E-state index contributed by atoms with van der Waals surface area (Å²) in [6, 6.07) is -0.715. The third-order valence-electron chi connectivity index (χ3n) is 4.18. The number of nitrogens with zero attached hydrogens (tertiary/aromatic N) is 2. The lowest BCUT2D eigenvalue weighted by Crippen LogP contribution is -2.79. The number of nitrogens with two attached hydrogens (primary N) is 2. The molecule has 2 atom stereocenters. The van der Waals surface area contributed by atoms with Gasteiger partial charge in [-0.1, -0.05) is 0 Å². The van der Waals surface area contributed by atoms with Gasteiger partial charge < -0.3 is 21.3 Å². The largest absolute Gasteiger partial charge is 0.368 e. The molecule has 1 unspecified atom stereocenters. The smallest absolute Gasteiger partial charge is 0.251 e. The molecule has 0 aliphatic carbocycles. The lowest BCUT2D eigenvalue weighted by atomic mass is 9.77. The van der Waals surface area contributed by atoms with Crippen LogP contribution in [-0.4, -0.2) is 64.5 Å². The van der Waals surface area contributed by atoms with Gasteiger partial charge in [0.05, 0.1) is 13.1 Å². The standard InChI is InChI=1S/C12H20N4O3S/c13-5-9(17)16-4-2-1-3-12(16)7-15(11(12)19)8(6-20)10(14)18/h8,20H,1-7,13H2,(H2,14,18)/t8-,12?/m0/s1. The zero-order valence-electron chi connectivity index (χ0n) is 11.2. The molecule has 2 heterocycles. The molecule has 0 radical (unpaired) electrons. The van der Waals surface area contributed by atoms with Gasteiger partial charge in [0.1, 0.15) is 11.6 Å². The number of carbonyl (C=O) groups is 3. The second-order valence-corrected chi connectivity index (χ2v) is 5.64. The molecule has 2 aliphatic heterocycles. The quantitative estimate of drug-likeness (QED) is 0.425. The zero-order chi connectivity index (χ0) is 14.9. The van der Waals surface area contributed by atoms with Gasteiger partial charge in [-0.05, 0) is 19.3 Å². The maximum absolute atomic E-state index is 12.5. The molecular weight excluding hydrogens is 280 g/mol. The summed E-state index contributed by atoms with van der Waals surface area (Å²) in [6.07, 6.45) is 2.37. The highest BCUT2D eigenvalue weighted by molar-refractivity contribution is 7.80. The van der Waals surface area contributed by atoms with Crippen molar-refractivity contribution in [3.8, 4) is 0 Å². The van der Waals surface area contributed by atoms with E-state index in [0.29, 0.717) is 19.5 Å². The third-order valence-corrected chi connectivity index (χ3v) is 4.53. The van der Waals surface area contributed by atoms with Gasteiger partial charge in [0.15, 0.2) is 0 Å². The minimum Gasteiger partial charge on any atom is -0.368 e. The van der Waals surface area contributed by atoms with E-state index in [-0.39, 0.29) is 24.1 Å². The highest BCUT2D eigenvalue weighted by Gasteiger charge is 2.59. The van der Waals surface area contributed by atoms with Crippen LogP contribution in [0, 0.1) is 0 Å². The summed E-state index contributed by atoms with van der Waals surface area (Å²) in [4.78, 5) is 38.8. The van der Waals surface area contributed by atoms with E-state index in [1.165, 1.54) is 4.90 Å². The van der Waals surface area contributed by atoms with Gasteiger partial charge in [0, 0.05) is 12.3 Å². The van der Waals surface area contributed by atoms with Crippen molar-refractivity contribution in [2.45, 2.75) is 30.8 Å². The summed E-state index contributed by atoms with van der Waals surface area (Å²) in [5.74, 6) is -0.825. The zero-order valence-corrected chi connectivity index (χ0v) is 12.1. The van der Waals surface area contributed by atoms with Crippen molar-refractivity contribution in [2.24, 2.45) is 11.5 Å². The van der Waals surface area contributed by atoms with Crippen molar-refractivity contribution in [3.63, 3.8) is 0 Å². The Balaban J connectivity index is 2.18. The van der Waals surface area contributed by atoms with Crippen LogP contribution < -0.4 is 11.5 Å². The molecule has 0 aromatic heterocycles. The second-order valence-electron chi connectivity index (χ2n) is 5.27. The van der Waals surface area contributed by atoms with Crippen molar-refractivity contribution in [3.05, 3.63) is 0 Å². The molecule has 2 aliphatic rings. The van der Waals surface area contributed by atoms with E-state index < -0.39 is 17.5 Å². The number of carbonyl (C=O) groups excluding carboxylic acids is 3. The van der Waals surface area contributed by atoms with Gasteiger partial charge in [-0.2, -0.15) is 12.6 Å². The van der Waals surface area contributed by atoms with Gasteiger partial charge in [0.2, 0.25) is 11.8 Å². The molecule has 4 N–H and O–H groups in total. The van der Waals surface area contributed by atoms with Crippen LogP contribution in [0.2, 0.25) is 0 Å². The number of β-lactam (4-membered cyclic amide) rings is 1. The first kappa shape index (κ1) is 15.1. The average molecular weight is 300 g/mol. The minimum atomic E-state index is -0.814. The second kappa shape index (κ2) is 5.61. The summed E-state index contributed by atoms with van der Waals surface area (Å²) in [7, 11) is 0. The number of hydrogen-bond acceptors (Lipinski definition) is 5. The Morgan fingerprint density at radius 2 is 2.10 bits per heavy atom. The third kappa shape index (κ3) is 2.16. The van der Waals surface area contributed by atoms with Crippen LogP contribution in [0.5, 0.6) is 0 Å². The molecule has 112 valence electrons. The van der Waals surface area contributed by atoms with Gasteiger partial charge >= 0.3 is 0 Å². The Kier molecular flexibility index (Phi) is 4.24. The van der Waals surface area contributed by atoms with Crippen LogP contribution in [0.15, 0.2) is 0 Å². The molecule has 0 saturated carbocycles. The average Bonchev–Trinajstić information content (AvgIpc) is 2.46. The van der Waals surface area contributed by atoms with E-state index in [2.05, 4.69) is 12.6 Å². The van der Waals surface area contributed by atoms with E-state index in [1.54, 1.807) is 4.90 Å². The summed E-state index contributed by atoms with van der Waals surface area (Å²) in [5, 5.41) is 0. The summed E-state index contributed by atoms with van der Waals surface area (Å²) >= 11 is 4.06. The molecule has 20 heavy (non-hydrogen) atoms. The number of primary amides is 1. The first-order valence-corrected chi connectivity index (χ1v) is 7.33. The van der Waals surface area contributed by atoms with E-state index in [9.17, 15) is 14.4 Å². The highest BCUT2D eigenvalue weighted by atomic mass is 32.1. The maximum atomic E-state index is 12.5. The summed E-state index contributed by atoms with van der Waals surface area (Å²) in [5.41, 5.74) is 9.88. The highest BCUT2D eigenvalue weighted by Crippen LogP contribution is 2.39. The van der Waals surface area contributed by atoms with Crippen molar-refractivity contribution >= 4 is 30.4 Å². The van der Waals surface area contributed by atoms with E-state index in [4.69, 9.17) is 11.5 Å². The number of piperidine rings is 1. The van der Waals surface area contributed by atoms with Gasteiger partial charge in [-0.25, -0.2) is 0 Å². The molecule has 1 spiro atoms. The molecule has 2 rings (SSSR count). The van der Waals surface area contributed by atoms with E-state index in [1.807, 2.05) is 0 Å². The van der Waals surface area contributed by atoms with Crippen LogP contribution in [-0.2, 0) is 14.4 Å². The van der Waals surface area contributed by atoms with Gasteiger partial charge in [0.25, 0.3) is 5.91 Å². The lowest BCUT2D eigenvalue weighted by molar-refractivity contribution is -0.179. The molecule has 7 nitrogen and oxygen atoms in total. The number of likely N-dealkylation sites (tertiary alicyclic amines) is 2. The molecule has 8 heteroatoms. The van der Waals surface area contributed by atoms with Crippen LogP contribution in [0.4, 0.5) is 0 Å². The SMILES string of the molecule is NCC(=O)N1CCCCC12CN([C@@H](CS)C(N)=O)C2=O. The van der Waals surface area contributed by atoms with Crippen molar-refractivity contribution < 1.29 is 14.4 Å². The molecule has 3 amide bonds.